The van der Waals surface area contributed by atoms with Gasteiger partial charge in [-0.2, -0.15) is 0 Å². The summed E-state index contributed by atoms with van der Waals surface area (Å²) in [4.78, 5) is 23.9. The van der Waals surface area contributed by atoms with E-state index in [2.05, 4.69) is 10.1 Å². The molecule has 1 rings (SSSR count). The molecule has 0 aliphatic heterocycles. The monoisotopic (exact) mass is 281 g/mol. The van der Waals surface area contributed by atoms with Gasteiger partial charge in [0.05, 0.1) is 7.11 Å². The third-order valence-corrected chi connectivity index (χ3v) is 3.10. The number of Topliss-reactive ketones (excluding diaryl/α,β-unsaturated/α-hetero) is 1. The average Bonchev–Trinajstić information content (AvgIpc) is 2.41. The van der Waals surface area contributed by atoms with E-state index < -0.39 is 5.97 Å². The van der Waals surface area contributed by atoms with E-state index in [4.69, 9.17) is 11.6 Å². The molecule has 0 amide bonds. The van der Waals surface area contributed by atoms with Crippen LogP contribution in [-0.4, -0.2) is 25.9 Å². The van der Waals surface area contributed by atoms with Crippen molar-refractivity contribution in [3.8, 4) is 0 Å². The molecule has 102 valence electrons. The van der Waals surface area contributed by atoms with Gasteiger partial charge in [-0.25, -0.2) is 4.79 Å². The van der Waals surface area contributed by atoms with Crippen molar-refractivity contribution in [1.82, 2.24) is 5.32 Å². The number of halogens is 1. The van der Waals surface area contributed by atoms with E-state index in [0.29, 0.717) is 16.3 Å². The van der Waals surface area contributed by atoms with Crippen molar-refractivity contribution in [2.24, 2.45) is 0 Å². The molecule has 1 aromatic rings. The van der Waals surface area contributed by atoms with Gasteiger partial charge >= 0.3 is 5.97 Å². The number of ether oxygens (including phenoxy) is 1. The van der Waals surface area contributed by atoms with Crippen LogP contribution in [0.1, 0.15) is 12.5 Å². The summed E-state index contributed by atoms with van der Waals surface area (Å²) < 4.78 is 4.63. The van der Waals surface area contributed by atoms with Crippen LogP contribution in [-0.2, 0) is 20.7 Å². The highest BCUT2D eigenvalue weighted by Gasteiger charge is 2.22. The van der Waals surface area contributed by atoms with Crippen molar-refractivity contribution in [2.75, 3.05) is 14.2 Å². The predicted octanol–water partition coefficient (Wildman–Crippen LogP) is 2.12. The number of hydrogen-bond donors (Lipinski definition) is 1. The molecular weight excluding hydrogens is 266 g/mol. The first-order valence-electron chi connectivity index (χ1n) is 5.74. The van der Waals surface area contributed by atoms with Gasteiger partial charge in [0.2, 0.25) is 0 Å². The molecule has 0 unspecified atom stereocenters. The van der Waals surface area contributed by atoms with E-state index in [1.54, 1.807) is 38.2 Å². The maximum absolute atomic E-state index is 12.2. The Labute approximate surface area is 117 Å². The Morgan fingerprint density at radius 3 is 2.47 bits per heavy atom. The van der Waals surface area contributed by atoms with Crippen LogP contribution in [0.15, 0.2) is 35.5 Å². The number of rotatable bonds is 5. The molecule has 0 saturated carbocycles. The molecule has 0 saturated heterocycles. The molecule has 0 aliphatic carbocycles. The fraction of sp³-hybridized carbons (Fsp3) is 0.286. The summed E-state index contributed by atoms with van der Waals surface area (Å²) in [5, 5.41) is 3.29. The fourth-order valence-electron chi connectivity index (χ4n) is 1.61. The lowest BCUT2D eigenvalue weighted by atomic mass is 10.0. The number of esters is 1. The Hall–Kier alpha value is -1.81. The first kappa shape index (κ1) is 15.2. The highest BCUT2D eigenvalue weighted by atomic mass is 35.5. The average molecular weight is 282 g/mol. The van der Waals surface area contributed by atoms with Gasteiger partial charge < -0.3 is 10.1 Å². The first-order valence-corrected chi connectivity index (χ1v) is 6.12. The number of carbonyl (C=O) groups is 2. The van der Waals surface area contributed by atoms with E-state index in [-0.39, 0.29) is 17.8 Å². The molecule has 0 fully saturated rings. The van der Waals surface area contributed by atoms with Crippen molar-refractivity contribution in [3.63, 3.8) is 0 Å². The molecule has 0 spiro atoms. The molecule has 0 aliphatic rings. The second-order valence-corrected chi connectivity index (χ2v) is 4.34. The Bertz CT molecular complexity index is 523. The lowest BCUT2D eigenvalue weighted by Crippen LogP contribution is -2.22. The number of allylic oxidation sites excluding steroid dienone is 1. The van der Waals surface area contributed by atoms with E-state index in [0.717, 1.165) is 0 Å². The molecule has 1 N–H and O–H groups in total. The zero-order valence-electron chi connectivity index (χ0n) is 11.1. The molecule has 1 aromatic carbocycles. The van der Waals surface area contributed by atoms with E-state index in [1.165, 1.54) is 7.11 Å². The highest BCUT2D eigenvalue weighted by molar-refractivity contribution is 6.31. The number of ketones is 1. The van der Waals surface area contributed by atoms with Crippen LogP contribution in [0.4, 0.5) is 0 Å². The molecule has 0 bridgehead atoms. The maximum atomic E-state index is 12.2. The lowest BCUT2D eigenvalue weighted by Gasteiger charge is -2.10. The van der Waals surface area contributed by atoms with Gasteiger partial charge in [0.1, 0.15) is 5.57 Å². The number of carbonyl (C=O) groups excluding carboxylic acids is 2. The zero-order chi connectivity index (χ0) is 14.4. The lowest BCUT2D eigenvalue weighted by molar-refractivity contribution is -0.137. The smallest absolute Gasteiger partial charge is 0.343 e. The molecule has 4 nitrogen and oxygen atoms in total. The fourth-order valence-corrected chi connectivity index (χ4v) is 1.81. The van der Waals surface area contributed by atoms with Crippen LogP contribution in [0.5, 0.6) is 0 Å². The molecule has 0 aromatic heterocycles. The summed E-state index contributed by atoms with van der Waals surface area (Å²) in [5.41, 5.74) is 1.17. The SMILES string of the molecule is CN/C(C)=C(/C(=O)Cc1ccccc1Cl)C(=O)OC. The summed E-state index contributed by atoms with van der Waals surface area (Å²) >= 11 is 6.00. The van der Waals surface area contributed by atoms with Crippen molar-refractivity contribution < 1.29 is 14.3 Å². The van der Waals surface area contributed by atoms with E-state index >= 15 is 0 Å². The third-order valence-electron chi connectivity index (χ3n) is 2.73. The molecule has 19 heavy (non-hydrogen) atoms. The minimum atomic E-state index is -0.649. The second kappa shape index (κ2) is 6.95. The summed E-state index contributed by atoms with van der Waals surface area (Å²) in [6.45, 7) is 1.65. The number of methoxy groups -OCH3 is 1. The maximum Gasteiger partial charge on any atom is 0.343 e. The van der Waals surface area contributed by atoms with Gasteiger partial charge in [-0.05, 0) is 18.6 Å². The van der Waals surface area contributed by atoms with Gasteiger partial charge in [0, 0.05) is 24.2 Å². The summed E-state index contributed by atoms with van der Waals surface area (Å²) in [6, 6.07) is 7.04. The van der Waals surface area contributed by atoms with Gasteiger partial charge in [0.25, 0.3) is 0 Å². The molecule has 5 heteroatoms. The number of nitrogens with one attached hydrogen (secondary N) is 1. The third kappa shape index (κ3) is 3.83. The molecule has 0 radical (unpaired) electrons. The van der Waals surface area contributed by atoms with Crippen LogP contribution in [0.25, 0.3) is 0 Å². The largest absolute Gasteiger partial charge is 0.465 e. The van der Waals surface area contributed by atoms with Crippen LogP contribution in [0.3, 0.4) is 0 Å². The summed E-state index contributed by atoms with van der Waals surface area (Å²) in [7, 11) is 2.88. The van der Waals surface area contributed by atoms with Gasteiger partial charge in [0.15, 0.2) is 5.78 Å². The number of hydrogen-bond acceptors (Lipinski definition) is 4. The number of benzene rings is 1. The normalized spacial score (nSPS) is 11.6. The van der Waals surface area contributed by atoms with E-state index in [9.17, 15) is 9.59 Å². The standard InChI is InChI=1S/C14H16ClNO3/c1-9(16-2)13(14(18)19-3)12(17)8-10-6-4-5-7-11(10)15/h4-7,16H,8H2,1-3H3/b13-9-. The van der Waals surface area contributed by atoms with Gasteiger partial charge in [-0.1, -0.05) is 29.8 Å². The molecular formula is C14H16ClNO3. The topological polar surface area (TPSA) is 55.4 Å². The quantitative estimate of drug-likeness (QED) is 0.389. The van der Waals surface area contributed by atoms with Crippen LogP contribution in [0.2, 0.25) is 5.02 Å². The Morgan fingerprint density at radius 2 is 1.95 bits per heavy atom. The Morgan fingerprint density at radius 1 is 1.32 bits per heavy atom. The molecule has 0 atom stereocenters. The Kier molecular flexibility index (Phi) is 5.57. The minimum absolute atomic E-state index is 0.0184. The van der Waals surface area contributed by atoms with Crippen molar-refractivity contribution >= 4 is 23.4 Å². The summed E-state index contributed by atoms with van der Waals surface area (Å²) in [5.74, 6) is -0.976. The minimum Gasteiger partial charge on any atom is -0.465 e. The van der Waals surface area contributed by atoms with Crippen molar-refractivity contribution in [1.29, 1.82) is 0 Å². The summed E-state index contributed by atoms with van der Waals surface area (Å²) in [6.07, 6.45) is 0.0587. The van der Waals surface area contributed by atoms with Crippen LogP contribution < -0.4 is 5.32 Å². The molecule has 0 heterocycles. The predicted molar refractivity (Wildman–Crippen MR) is 73.9 cm³/mol. The van der Waals surface area contributed by atoms with E-state index in [1.807, 2.05) is 0 Å². The highest BCUT2D eigenvalue weighted by Crippen LogP contribution is 2.18. The zero-order valence-corrected chi connectivity index (χ0v) is 11.9. The Balaban J connectivity index is 3.04. The van der Waals surface area contributed by atoms with Gasteiger partial charge in [-0.15, -0.1) is 0 Å². The van der Waals surface area contributed by atoms with Crippen LogP contribution >= 0.6 is 11.6 Å². The van der Waals surface area contributed by atoms with Crippen LogP contribution in [0, 0.1) is 0 Å². The first-order chi connectivity index (χ1) is 9.01. The second-order valence-electron chi connectivity index (χ2n) is 3.93. The van der Waals surface area contributed by atoms with Crippen molar-refractivity contribution in [2.45, 2.75) is 13.3 Å². The van der Waals surface area contributed by atoms with Gasteiger partial charge in [-0.3, -0.25) is 4.79 Å². The van der Waals surface area contributed by atoms with Crippen molar-refractivity contribution in [3.05, 3.63) is 46.1 Å².